The number of rotatable bonds is 5. The largest absolute Gasteiger partial charge is 0.368 e. The number of likely N-dealkylation sites (tertiary alicyclic amines) is 1. The highest BCUT2D eigenvalue weighted by molar-refractivity contribution is 5.87. The van der Waals surface area contributed by atoms with Crippen molar-refractivity contribution < 1.29 is 9.59 Å². The van der Waals surface area contributed by atoms with E-state index in [0.717, 1.165) is 18.4 Å². The molecular formula is C16H23N3O2. The zero-order valence-electron chi connectivity index (χ0n) is 12.5. The first kappa shape index (κ1) is 15.5. The molecule has 2 rings (SSSR count). The van der Waals surface area contributed by atoms with Crippen molar-refractivity contribution in [1.82, 2.24) is 9.80 Å². The summed E-state index contributed by atoms with van der Waals surface area (Å²) in [6.07, 6.45) is 2.58. The monoisotopic (exact) mass is 289 g/mol. The molecule has 1 aliphatic heterocycles. The maximum atomic E-state index is 12.4. The Labute approximate surface area is 125 Å². The molecule has 0 saturated carbocycles. The first-order chi connectivity index (χ1) is 10.1. The van der Waals surface area contributed by atoms with Gasteiger partial charge in [0.15, 0.2) is 0 Å². The number of amides is 2. The SMILES string of the molecule is CN(CC(=O)N1CCCC[C@@H]1C(N)=O)Cc1ccccc1. The third-order valence-corrected chi connectivity index (χ3v) is 3.85. The van der Waals surface area contributed by atoms with Crippen LogP contribution in [0.2, 0.25) is 0 Å². The predicted octanol–water partition coefficient (Wildman–Crippen LogP) is 0.985. The molecule has 1 fully saturated rings. The van der Waals surface area contributed by atoms with Gasteiger partial charge in [-0.1, -0.05) is 30.3 Å². The quantitative estimate of drug-likeness (QED) is 0.879. The Morgan fingerprint density at radius 2 is 2.00 bits per heavy atom. The molecule has 114 valence electrons. The van der Waals surface area contributed by atoms with Gasteiger partial charge in [-0.05, 0) is 31.9 Å². The van der Waals surface area contributed by atoms with Crippen LogP contribution in [-0.2, 0) is 16.1 Å². The molecule has 5 heteroatoms. The van der Waals surface area contributed by atoms with Crippen molar-refractivity contribution in [2.45, 2.75) is 31.8 Å². The van der Waals surface area contributed by atoms with Gasteiger partial charge in [-0.15, -0.1) is 0 Å². The van der Waals surface area contributed by atoms with E-state index >= 15 is 0 Å². The minimum Gasteiger partial charge on any atom is -0.368 e. The standard InChI is InChI=1S/C16H23N3O2/c1-18(11-13-7-3-2-4-8-13)12-15(20)19-10-6-5-9-14(19)16(17)21/h2-4,7-8,14H,5-6,9-12H2,1H3,(H2,17,21)/t14-/m1/s1. The summed E-state index contributed by atoms with van der Waals surface area (Å²) in [5, 5.41) is 0. The van der Waals surface area contributed by atoms with E-state index in [0.29, 0.717) is 26.1 Å². The fourth-order valence-electron chi connectivity index (χ4n) is 2.80. The van der Waals surface area contributed by atoms with E-state index < -0.39 is 11.9 Å². The van der Waals surface area contributed by atoms with Crippen molar-refractivity contribution in [1.29, 1.82) is 0 Å². The molecule has 2 N–H and O–H groups in total. The molecule has 1 saturated heterocycles. The molecule has 5 nitrogen and oxygen atoms in total. The van der Waals surface area contributed by atoms with E-state index in [4.69, 9.17) is 5.73 Å². The Morgan fingerprint density at radius 3 is 2.67 bits per heavy atom. The number of piperidine rings is 1. The van der Waals surface area contributed by atoms with Crippen LogP contribution in [0.3, 0.4) is 0 Å². The second-order valence-electron chi connectivity index (χ2n) is 5.66. The molecule has 0 aromatic heterocycles. The molecule has 0 radical (unpaired) electrons. The number of benzene rings is 1. The predicted molar refractivity (Wildman–Crippen MR) is 81.3 cm³/mol. The van der Waals surface area contributed by atoms with Crippen LogP contribution in [0.4, 0.5) is 0 Å². The number of nitrogens with two attached hydrogens (primary N) is 1. The van der Waals surface area contributed by atoms with Crippen LogP contribution < -0.4 is 5.73 Å². The van der Waals surface area contributed by atoms with Crippen LogP contribution in [0, 0.1) is 0 Å². The van der Waals surface area contributed by atoms with E-state index in [1.165, 1.54) is 0 Å². The van der Waals surface area contributed by atoms with Crippen LogP contribution in [-0.4, -0.2) is 47.8 Å². The van der Waals surface area contributed by atoms with Gasteiger partial charge in [0.2, 0.25) is 11.8 Å². The Kier molecular flexibility index (Phi) is 5.33. The highest BCUT2D eigenvalue weighted by Gasteiger charge is 2.30. The van der Waals surface area contributed by atoms with Crippen LogP contribution >= 0.6 is 0 Å². The topological polar surface area (TPSA) is 66.6 Å². The molecule has 1 aliphatic rings. The Balaban J connectivity index is 1.91. The third-order valence-electron chi connectivity index (χ3n) is 3.85. The minimum atomic E-state index is -0.434. The number of hydrogen-bond donors (Lipinski definition) is 1. The second-order valence-corrected chi connectivity index (χ2v) is 5.66. The number of carbonyl (C=O) groups excluding carboxylic acids is 2. The highest BCUT2D eigenvalue weighted by atomic mass is 16.2. The molecule has 1 aromatic carbocycles. The van der Waals surface area contributed by atoms with Crippen molar-refractivity contribution in [3.05, 3.63) is 35.9 Å². The van der Waals surface area contributed by atoms with E-state index in [1.54, 1.807) is 4.90 Å². The first-order valence-corrected chi connectivity index (χ1v) is 7.39. The zero-order valence-corrected chi connectivity index (χ0v) is 12.5. The lowest BCUT2D eigenvalue weighted by atomic mass is 10.0. The molecular weight excluding hydrogens is 266 g/mol. The first-order valence-electron chi connectivity index (χ1n) is 7.39. The molecule has 0 unspecified atom stereocenters. The van der Waals surface area contributed by atoms with Gasteiger partial charge in [-0.25, -0.2) is 0 Å². The molecule has 1 atom stereocenters. The smallest absolute Gasteiger partial charge is 0.240 e. The van der Waals surface area contributed by atoms with Crippen LogP contribution in [0.5, 0.6) is 0 Å². The number of carbonyl (C=O) groups is 2. The third kappa shape index (κ3) is 4.29. The van der Waals surface area contributed by atoms with Crippen molar-refractivity contribution >= 4 is 11.8 Å². The van der Waals surface area contributed by atoms with Crippen LogP contribution in [0.1, 0.15) is 24.8 Å². The fourth-order valence-corrected chi connectivity index (χ4v) is 2.80. The average Bonchev–Trinajstić information content (AvgIpc) is 2.48. The zero-order chi connectivity index (χ0) is 15.2. The summed E-state index contributed by atoms with van der Waals surface area (Å²) in [6.45, 7) is 1.64. The minimum absolute atomic E-state index is 0.0167. The molecule has 1 heterocycles. The van der Waals surface area contributed by atoms with E-state index in [2.05, 4.69) is 0 Å². The number of nitrogens with zero attached hydrogens (tertiary/aromatic N) is 2. The van der Waals surface area contributed by atoms with Crippen LogP contribution in [0.25, 0.3) is 0 Å². The lowest BCUT2D eigenvalue weighted by Crippen LogP contribution is -2.52. The Bertz CT molecular complexity index is 490. The average molecular weight is 289 g/mol. The van der Waals surface area contributed by atoms with E-state index in [-0.39, 0.29) is 5.91 Å². The van der Waals surface area contributed by atoms with Gasteiger partial charge in [0.25, 0.3) is 0 Å². The number of hydrogen-bond acceptors (Lipinski definition) is 3. The molecule has 0 aliphatic carbocycles. The molecule has 0 spiro atoms. The Hall–Kier alpha value is -1.88. The maximum Gasteiger partial charge on any atom is 0.240 e. The Morgan fingerprint density at radius 1 is 1.29 bits per heavy atom. The fraction of sp³-hybridized carbons (Fsp3) is 0.500. The summed E-state index contributed by atoms with van der Waals surface area (Å²) < 4.78 is 0. The van der Waals surface area contributed by atoms with Gasteiger partial charge in [0.05, 0.1) is 6.54 Å². The van der Waals surface area contributed by atoms with E-state index in [9.17, 15) is 9.59 Å². The van der Waals surface area contributed by atoms with Gasteiger partial charge in [-0.3, -0.25) is 14.5 Å². The summed E-state index contributed by atoms with van der Waals surface area (Å²) in [7, 11) is 1.91. The second kappa shape index (κ2) is 7.22. The van der Waals surface area contributed by atoms with Gasteiger partial charge in [-0.2, -0.15) is 0 Å². The molecule has 21 heavy (non-hydrogen) atoms. The van der Waals surface area contributed by atoms with Gasteiger partial charge in [0, 0.05) is 13.1 Å². The lowest BCUT2D eigenvalue weighted by Gasteiger charge is -2.34. The summed E-state index contributed by atoms with van der Waals surface area (Å²) in [5.41, 5.74) is 6.57. The van der Waals surface area contributed by atoms with Crippen molar-refractivity contribution in [3.63, 3.8) is 0 Å². The highest BCUT2D eigenvalue weighted by Crippen LogP contribution is 2.17. The van der Waals surface area contributed by atoms with Crippen molar-refractivity contribution in [2.75, 3.05) is 20.1 Å². The van der Waals surface area contributed by atoms with Gasteiger partial charge >= 0.3 is 0 Å². The normalized spacial score (nSPS) is 18.8. The molecule has 1 aromatic rings. The summed E-state index contributed by atoms with van der Waals surface area (Å²) in [5.74, 6) is -0.411. The summed E-state index contributed by atoms with van der Waals surface area (Å²) in [4.78, 5) is 27.5. The van der Waals surface area contributed by atoms with Gasteiger partial charge < -0.3 is 10.6 Å². The molecule has 0 bridgehead atoms. The summed E-state index contributed by atoms with van der Waals surface area (Å²) in [6, 6.07) is 9.58. The summed E-state index contributed by atoms with van der Waals surface area (Å²) >= 11 is 0. The maximum absolute atomic E-state index is 12.4. The molecule has 2 amide bonds. The van der Waals surface area contributed by atoms with Crippen molar-refractivity contribution in [3.8, 4) is 0 Å². The van der Waals surface area contributed by atoms with Crippen molar-refractivity contribution in [2.24, 2.45) is 5.73 Å². The lowest BCUT2D eigenvalue weighted by molar-refractivity contribution is -0.141. The van der Waals surface area contributed by atoms with Gasteiger partial charge in [0.1, 0.15) is 6.04 Å². The number of likely N-dealkylation sites (N-methyl/N-ethyl adjacent to an activating group) is 1. The van der Waals surface area contributed by atoms with E-state index in [1.807, 2.05) is 42.3 Å². The van der Waals surface area contributed by atoms with Crippen LogP contribution in [0.15, 0.2) is 30.3 Å². The number of primary amides is 1.